The van der Waals surface area contributed by atoms with Crippen molar-refractivity contribution >= 4 is 11.4 Å². The number of nitro groups is 1. The zero-order valence-electron chi connectivity index (χ0n) is 12.3. The second-order valence-corrected chi connectivity index (χ2v) is 5.22. The standard InChI is InChI=1S/C14H20FN3O3/c1-16-9-10-3-5-17(6-4-10)12-8-14(21-2)11(15)7-13(12)18(19)20/h7-8,10,16H,3-6,9H2,1-2H3. The number of ether oxygens (including phenoxy) is 1. The Kier molecular flexibility index (Phi) is 4.95. The molecule has 21 heavy (non-hydrogen) atoms. The smallest absolute Gasteiger partial charge is 0.295 e. The zero-order valence-corrected chi connectivity index (χ0v) is 12.3. The van der Waals surface area contributed by atoms with Crippen LogP contribution < -0.4 is 15.0 Å². The molecule has 1 aliphatic rings. The highest BCUT2D eigenvalue weighted by molar-refractivity contribution is 5.66. The van der Waals surface area contributed by atoms with Crippen molar-refractivity contribution in [3.05, 3.63) is 28.1 Å². The summed E-state index contributed by atoms with van der Waals surface area (Å²) in [6.07, 6.45) is 1.91. The van der Waals surface area contributed by atoms with Crippen LogP contribution in [-0.4, -0.2) is 38.7 Å². The summed E-state index contributed by atoms with van der Waals surface area (Å²) in [7, 11) is 3.27. The van der Waals surface area contributed by atoms with Crippen molar-refractivity contribution in [1.29, 1.82) is 0 Å². The molecule has 116 valence electrons. The molecule has 1 N–H and O–H groups in total. The SMILES string of the molecule is CNCC1CCN(c2cc(OC)c(F)cc2[N+](=O)[O-])CC1. The number of nitrogens with one attached hydrogen (secondary N) is 1. The predicted molar refractivity (Wildman–Crippen MR) is 78.5 cm³/mol. The van der Waals surface area contributed by atoms with Crippen LogP contribution in [0.4, 0.5) is 15.8 Å². The molecular formula is C14H20FN3O3. The van der Waals surface area contributed by atoms with Crippen molar-refractivity contribution in [2.45, 2.75) is 12.8 Å². The Bertz CT molecular complexity index is 516. The molecule has 0 aromatic heterocycles. The van der Waals surface area contributed by atoms with Crippen LogP contribution in [0.2, 0.25) is 0 Å². The number of hydrogen-bond donors (Lipinski definition) is 1. The number of benzene rings is 1. The van der Waals surface area contributed by atoms with Crippen LogP contribution >= 0.6 is 0 Å². The van der Waals surface area contributed by atoms with E-state index in [2.05, 4.69) is 5.32 Å². The van der Waals surface area contributed by atoms with Crippen LogP contribution in [0.3, 0.4) is 0 Å². The first-order chi connectivity index (χ1) is 10.1. The molecule has 0 bridgehead atoms. The summed E-state index contributed by atoms with van der Waals surface area (Å²) in [4.78, 5) is 12.5. The van der Waals surface area contributed by atoms with Gasteiger partial charge in [-0.2, -0.15) is 0 Å². The van der Waals surface area contributed by atoms with E-state index in [1.165, 1.54) is 13.2 Å². The number of hydrogen-bond acceptors (Lipinski definition) is 5. The Morgan fingerprint density at radius 2 is 2.14 bits per heavy atom. The molecule has 1 aromatic rings. The van der Waals surface area contributed by atoms with Crippen molar-refractivity contribution in [1.82, 2.24) is 5.32 Å². The van der Waals surface area contributed by atoms with E-state index in [-0.39, 0.29) is 11.4 Å². The van der Waals surface area contributed by atoms with E-state index < -0.39 is 10.7 Å². The van der Waals surface area contributed by atoms with Crippen LogP contribution in [0.1, 0.15) is 12.8 Å². The van der Waals surface area contributed by atoms with Gasteiger partial charge >= 0.3 is 0 Å². The highest BCUT2D eigenvalue weighted by atomic mass is 19.1. The highest BCUT2D eigenvalue weighted by Gasteiger charge is 2.26. The number of anilines is 1. The Morgan fingerprint density at radius 3 is 2.67 bits per heavy atom. The Morgan fingerprint density at radius 1 is 1.48 bits per heavy atom. The molecule has 0 radical (unpaired) electrons. The predicted octanol–water partition coefficient (Wildman–Crippen LogP) is 2.18. The van der Waals surface area contributed by atoms with Crippen LogP contribution in [-0.2, 0) is 0 Å². The van der Waals surface area contributed by atoms with Gasteiger partial charge in [0.2, 0.25) is 0 Å². The lowest BCUT2D eigenvalue weighted by Crippen LogP contribution is -2.37. The fourth-order valence-electron chi connectivity index (χ4n) is 2.75. The van der Waals surface area contributed by atoms with Crippen LogP contribution in [0, 0.1) is 21.8 Å². The third kappa shape index (κ3) is 3.41. The number of rotatable bonds is 5. The molecule has 0 saturated carbocycles. The number of methoxy groups -OCH3 is 1. The van der Waals surface area contributed by atoms with Gasteiger partial charge in [-0.1, -0.05) is 0 Å². The van der Waals surface area contributed by atoms with Gasteiger partial charge < -0.3 is 15.0 Å². The lowest BCUT2D eigenvalue weighted by molar-refractivity contribution is -0.384. The fourth-order valence-corrected chi connectivity index (χ4v) is 2.75. The maximum atomic E-state index is 13.7. The lowest BCUT2D eigenvalue weighted by Gasteiger charge is -2.33. The van der Waals surface area contributed by atoms with Crippen molar-refractivity contribution in [2.24, 2.45) is 5.92 Å². The molecule has 1 fully saturated rings. The number of halogens is 1. The maximum Gasteiger partial charge on any atom is 0.295 e. The summed E-state index contributed by atoms with van der Waals surface area (Å²) in [6, 6.07) is 2.36. The molecule has 6 nitrogen and oxygen atoms in total. The highest BCUT2D eigenvalue weighted by Crippen LogP contribution is 2.36. The molecule has 1 aliphatic heterocycles. The second-order valence-electron chi connectivity index (χ2n) is 5.22. The fraction of sp³-hybridized carbons (Fsp3) is 0.571. The third-order valence-electron chi connectivity index (χ3n) is 3.89. The topological polar surface area (TPSA) is 67.6 Å². The van der Waals surface area contributed by atoms with E-state index in [0.29, 0.717) is 11.6 Å². The van der Waals surface area contributed by atoms with Crippen molar-refractivity contribution in [3.8, 4) is 5.75 Å². The van der Waals surface area contributed by atoms with Gasteiger partial charge in [0.05, 0.1) is 18.1 Å². The van der Waals surface area contributed by atoms with E-state index in [0.717, 1.165) is 38.5 Å². The molecule has 1 heterocycles. The van der Waals surface area contributed by atoms with E-state index >= 15 is 0 Å². The largest absolute Gasteiger partial charge is 0.494 e. The summed E-state index contributed by atoms with van der Waals surface area (Å²) >= 11 is 0. The summed E-state index contributed by atoms with van der Waals surface area (Å²) < 4.78 is 18.6. The van der Waals surface area contributed by atoms with Crippen LogP contribution in [0.5, 0.6) is 5.75 Å². The molecule has 1 aromatic carbocycles. The molecule has 0 atom stereocenters. The van der Waals surface area contributed by atoms with Gasteiger partial charge in [-0.05, 0) is 32.4 Å². The lowest BCUT2D eigenvalue weighted by atomic mass is 9.96. The molecule has 0 spiro atoms. The second kappa shape index (κ2) is 6.71. The number of nitrogens with zero attached hydrogens (tertiary/aromatic N) is 2. The Hall–Kier alpha value is -1.89. The molecular weight excluding hydrogens is 277 g/mol. The van der Waals surface area contributed by atoms with Crippen molar-refractivity contribution in [3.63, 3.8) is 0 Å². The van der Waals surface area contributed by atoms with E-state index in [1.807, 2.05) is 11.9 Å². The van der Waals surface area contributed by atoms with Gasteiger partial charge in [-0.25, -0.2) is 4.39 Å². The summed E-state index contributed by atoms with van der Waals surface area (Å²) in [5.41, 5.74) is 0.224. The first kappa shape index (κ1) is 15.5. The van der Waals surface area contributed by atoms with Gasteiger partial charge in [0, 0.05) is 19.2 Å². The summed E-state index contributed by atoms with van der Waals surface area (Å²) in [5, 5.41) is 14.3. The van der Waals surface area contributed by atoms with Crippen molar-refractivity contribution in [2.75, 3.05) is 38.7 Å². The van der Waals surface area contributed by atoms with E-state index in [4.69, 9.17) is 4.74 Å². The van der Waals surface area contributed by atoms with Gasteiger partial charge in [-0.3, -0.25) is 10.1 Å². The van der Waals surface area contributed by atoms with Gasteiger partial charge in [0.15, 0.2) is 11.6 Å². The minimum Gasteiger partial charge on any atom is -0.494 e. The molecule has 2 rings (SSSR count). The molecule has 0 unspecified atom stereocenters. The van der Waals surface area contributed by atoms with Gasteiger partial charge in [0.1, 0.15) is 5.69 Å². The summed E-state index contributed by atoms with van der Waals surface area (Å²) in [5.74, 6) is -0.0985. The molecule has 0 amide bonds. The van der Waals surface area contributed by atoms with Gasteiger partial charge in [0.25, 0.3) is 5.69 Å². The number of nitro benzene ring substituents is 1. The molecule has 0 aliphatic carbocycles. The maximum absolute atomic E-state index is 13.7. The Balaban J connectivity index is 2.24. The van der Waals surface area contributed by atoms with Crippen molar-refractivity contribution < 1.29 is 14.1 Å². The third-order valence-corrected chi connectivity index (χ3v) is 3.89. The minimum atomic E-state index is -0.710. The number of piperidine rings is 1. The van der Waals surface area contributed by atoms with Gasteiger partial charge in [-0.15, -0.1) is 0 Å². The monoisotopic (exact) mass is 297 g/mol. The van der Waals surface area contributed by atoms with E-state index in [9.17, 15) is 14.5 Å². The normalized spacial score (nSPS) is 16.0. The Labute approximate surface area is 123 Å². The summed E-state index contributed by atoms with van der Waals surface area (Å²) in [6.45, 7) is 2.40. The molecule has 7 heteroatoms. The average Bonchev–Trinajstić information content (AvgIpc) is 2.48. The first-order valence-electron chi connectivity index (χ1n) is 6.98. The minimum absolute atomic E-state index is 0.0351. The zero-order chi connectivity index (χ0) is 15.4. The van der Waals surface area contributed by atoms with Crippen LogP contribution in [0.15, 0.2) is 12.1 Å². The average molecular weight is 297 g/mol. The quantitative estimate of drug-likeness (QED) is 0.666. The van der Waals surface area contributed by atoms with Crippen LogP contribution in [0.25, 0.3) is 0 Å². The first-order valence-corrected chi connectivity index (χ1v) is 6.98. The van der Waals surface area contributed by atoms with E-state index in [1.54, 1.807) is 0 Å². The molecule has 1 saturated heterocycles.